The Hall–Kier alpha value is -8.40. The van der Waals surface area contributed by atoms with Crippen molar-refractivity contribution < 1.29 is 48.3 Å². The number of H-pyrrole nitrogens is 1. The van der Waals surface area contributed by atoms with Gasteiger partial charge in [0.1, 0.15) is 30.0 Å². The Balaban J connectivity index is 1.76. The highest BCUT2D eigenvalue weighted by Crippen LogP contribution is 2.26. The standard InChI is InChI=1S/C50H69N15O10/c1-28(67)61-37(11-6-20-59-50(55)56)46(73)63-38-16-17-43(70)57-18-5-10-36(44(52)71)62-45(72)32(22-33-26-60-35-9-3-2-8-34(33)35)24-41(68)31(7-4-19-58-49(53)54)23-42(69)39(21-29-12-14-30(25-51)15-13-29)64-48(75)40(27-66)65-47(38)74/h2-3,8-9,12-15,26,31-32,36-40,60,66H,4-7,10-11,16-24,27H2,1H3,(H2,52,71)(H,57,70)(H,61,67)(H,62,72)(H,63,73)(H,64,75)(H,65,74)(H4,53,54,58)(H4,55,56,59)/t31-,32-,36+,37+,38+,39-,40+/m1/s1. The Kier molecular flexibility index (Phi) is 23.6. The van der Waals surface area contributed by atoms with E-state index >= 15 is 0 Å². The third-order valence-corrected chi connectivity index (χ3v) is 12.5. The molecule has 0 aliphatic carbocycles. The summed E-state index contributed by atoms with van der Waals surface area (Å²) < 4.78 is 0. The summed E-state index contributed by atoms with van der Waals surface area (Å²) in [7, 11) is 0. The summed E-state index contributed by atoms with van der Waals surface area (Å²) in [5, 5.41) is 36.2. The van der Waals surface area contributed by atoms with Crippen molar-refractivity contribution in [2.45, 2.75) is 114 Å². The number of hydrogen-bond donors (Lipinski definition) is 13. The van der Waals surface area contributed by atoms with Gasteiger partial charge in [-0.3, -0.25) is 53.1 Å². The number of Topliss-reactive ketones (excluding diaryl/α,β-unsaturated/α-hetero) is 2. The van der Waals surface area contributed by atoms with Gasteiger partial charge in [0.05, 0.1) is 24.3 Å². The van der Waals surface area contributed by atoms with Gasteiger partial charge < -0.3 is 70.7 Å². The van der Waals surface area contributed by atoms with Gasteiger partial charge in [0.25, 0.3) is 0 Å². The maximum absolute atomic E-state index is 14.7. The number of benzene rings is 2. The molecule has 1 aliphatic heterocycles. The molecule has 7 amide bonds. The Labute approximate surface area is 433 Å². The molecule has 25 nitrogen and oxygen atoms in total. The zero-order chi connectivity index (χ0) is 55.0. The van der Waals surface area contributed by atoms with E-state index in [2.05, 4.69) is 46.9 Å². The number of carbonyl (C=O) groups is 9. The third-order valence-electron chi connectivity index (χ3n) is 12.5. The number of carbonyl (C=O) groups excluding carboxylic acids is 9. The maximum Gasteiger partial charge on any atom is 0.245 e. The minimum Gasteiger partial charge on any atom is -0.394 e. The van der Waals surface area contributed by atoms with Crippen molar-refractivity contribution in [3.63, 3.8) is 0 Å². The molecule has 75 heavy (non-hydrogen) atoms. The Bertz CT molecular complexity index is 2600. The average Bonchev–Trinajstić information content (AvgIpc) is 3.78. The summed E-state index contributed by atoms with van der Waals surface area (Å²) in [5.41, 5.74) is 30.0. The fraction of sp³-hybridized carbons (Fsp3) is 0.480. The normalized spacial score (nSPS) is 21.2. The van der Waals surface area contributed by atoms with Crippen LogP contribution in [0.4, 0.5) is 0 Å². The highest BCUT2D eigenvalue weighted by molar-refractivity contribution is 5.98. The Morgan fingerprint density at radius 1 is 0.800 bits per heavy atom. The van der Waals surface area contributed by atoms with E-state index in [4.69, 9.17) is 28.7 Å². The second kappa shape index (κ2) is 30.0. The van der Waals surface area contributed by atoms with E-state index in [1.165, 1.54) is 19.1 Å². The predicted molar refractivity (Wildman–Crippen MR) is 276 cm³/mol. The van der Waals surface area contributed by atoms with Crippen molar-refractivity contribution in [2.75, 3.05) is 26.2 Å². The number of aromatic nitrogens is 1. The number of amides is 7. The number of ketones is 2. The first kappa shape index (κ1) is 59.2. The number of nitrogens with two attached hydrogens (primary N) is 5. The minimum atomic E-state index is -1.74. The number of guanidine groups is 2. The average molecular weight is 1040 g/mol. The molecule has 1 saturated heterocycles. The molecule has 7 atom stereocenters. The van der Waals surface area contributed by atoms with Crippen molar-refractivity contribution in [3.05, 3.63) is 71.4 Å². The molecule has 0 saturated carbocycles. The number of para-hydroxylation sites is 1. The number of rotatable bonds is 17. The molecular formula is C50H69N15O10. The van der Waals surface area contributed by atoms with Crippen molar-refractivity contribution in [1.29, 1.82) is 5.26 Å². The summed E-state index contributed by atoms with van der Waals surface area (Å²) in [4.78, 5) is 135. The van der Waals surface area contributed by atoms with Crippen LogP contribution in [0.5, 0.6) is 0 Å². The van der Waals surface area contributed by atoms with Gasteiger partial charge >= 0.3 is 0 Å². The van der Waals surface area contributed by atoms with Crippen LogP contribution in [0.1, 0.15) is 87.8 Å². The first-order valence-corrected chi connectivity index (χ1v) is 24.6. The fourth-order valence-electron chi connectivity index (χ4n) is 8.51. The van der Waals surface area contributed by atoms with E-state index in [1.807, 2.05) is 30.3 Å². The highest BCUT2D eigenvalue weighted by Gasteiger charge is 2.35. The molecule has 1 aromatic heterocycles. The molecular weight excluding hydrogens is 971 g/mol. The van der Waals surface area contributed by atoms with E-state index < -0.39 is 114 Å². The van der Waals surface area contributed by atoms with Gasteiger partial charge in [0.15, 0.2) is 17.7 Å². The smallest absolute Gasteiger partial charge is 0.245 e. The number of fused-ring (bicyclic) bond motifs is 1. The number of aliphatic imine (C=N–C) groups is 2. The molecule has 3 aromatic rings. The van der Waals surface area contributed by atoms with Gasteiger partial charge in [0.2, 0.25) is 41.4 Å². The lowest BCUT2D eigenvalue weighted by Gasteiger charge is -2.26. The number of aliphatic hydroxyl groups is 1. The number of aromatic amines is 1. The summed E-state index contributed by atoms with van der Waals surface area (Å²) in [6.45, 7) is 0.336. The zero-order valence-corrected chi connectivity index (χ0v) is 41.9. The van der Waals surface area contributed by atoms with Gasteiger partial charge in [-0.15, -0.1) is 0 Å². The lowest BCUT2D eigenvalue weighted by molar-refractivity contribution is -0.136. The number of nitriles is 1. The number of hydrogen-bond acceptors (Lipinski definition) is 13. The van der Waals surface area contributed by atoms with Crippen LogP contribution in [0.25, 0.3) is 10.9 Å². The van der Waals surface area contributed by atoms with Gasteiger partial charge in [-0.05, 0) is 87.1 Å². The van der Waals surface area contributed by atoms with E-state index in [-0.39, 0.29) is 95.8 Å². The Morgan fingerprint density at radius 3 is 2.12 bits per heavy atom. The maximum atomic E-state index is 14.7. The Morgan fingerprint density at radius 2 is 1.47 bits per heavy atom. The highest BCUT2D eigenvalue weighted by atomic mass is 16.3. The molecule has 0 bridgehead atoms. The molecule has 404 valence electrons. The van der Waals surface area contributed by atoms with Crippen molar-refractivity contribution in [2.24, 2.45) is 50.5 Å². The SMILES string of the molecule is CC(=O)N[C@@H](CCCN=C(N)N)C(=O)N[C@H]1CCC(=O)NCCC[C@@H](C(N)=O)NC(=O)[C@H](Cc2c[nH]c3ccccc23)CC(=O)[C@H](CCCN=C(N)N)CC(=O)[C@@H](Cc2ccc(C#N)cc2)NC(=O)[C@H](CO)NC1=O. The van der Waals surface area contributed by atoms with Gasteiger partial charge in [0, 0.05) is 74.8 Å². The first-order valence-electron chi connectivity index (χ1n) is 24.6. The van der Waals surface area contributed by atoms with E-state index in [0.717, 1.165) is 10.9 Å². The second-order valence-corrected chi connectivity index (χ2v) is 18.3. The molecule has 0 unspecified atom stereocenters. The lowest BCUT2D eigenvalue weighted by Crippen LogP contribution is -2.58. The van der Waals surface area contributed by atoms with Crippen molar-refractivity contribution in [3.8, 4) is 6.07 Å². The molecule has 25 heteroatoms. The van der Waals surface area contributed by atoms with E-state index in [9.17, 15) is 53.5 Å². The fourth-order valence-corrected chi connectivity index (χ4v) is 8.51. The van der Waals surface area contributed by atoms with E-state index in [1.54, 1.807) is 18.3 Å². The molecule has 0 spiro atoms. The number of aliphatic hydroxyl groups excluding tert-OH is 1. The lowest BCUT2D eigenvalue weighted by atomic mass is 9.83. The van der Waals surface area contributed by atoms with Crippen molar-refractivity contribution in [1.82, 2.24) is 36.9 Å². The van der Waals surface area contributed by atoms with Crippen LogP contribution in [0.15, 0.2) is 64.7 Å². The topological polar surface area (TPSA) is 440 Å². The van der Waals surface area contributed by atoms with Crippen LogP contribution in [0.2, 0.25) is 0 Å². The monoisotopic (exact) mass is 1040 g/mol. The van der Waals surface area contributed by atoms with E-state index in [0.29, 0.717) is 16.7 Å². The minimum absolute atomic E-state index is 0.0214. The second-order valence-electron chi connectivity index (χ2n) is 18.3. The van der Waals surface area contributed by atoms with Crippen LogP contribution in [0.3, 0.4) is 0 Å². The molecule has 1 fully saturated rings. The summed E-state index contributed by atoms with van der Waals surface area (Å²) in [5.74, 6) is -9.34. The summed E-state index contributed by atoms with van der Waals surface area (Å²) in [6, 6.07) is 8.35. The van der Waals surface area contributed by atoms with Gasteiger partial charge in [-0.2, -0.15) is 5.26 Å². The molecule has 18 N–H and O–H groups in total. The molecule has 4 rings (SSSR count). The van der Waals surface area contributed by atoms with Crippen LogP contribution in [0, 0.1) is 23.2 Å². The number of nitrogens with zero attached hydrogens (tertiary/aromatic N) is 3. The summed E-state index contributed by atoms with van der Waals surface area (Å²) >= 11 is 0. The first-order chi connectivity index (χ1) is 35.8. The zero-order valence-electron chi connectivity index (χ0n) is 41.9. The molecule has 0 radical (unpaired) electrons. The molecule has 1 aliphatic rings. The van der Waals surface area contributed by atoms with Crippen LogP contribution >= 0.6 is 0 Å². The third kappa shape index (κ3) is 19.9. The van der Waals surface area contributed by atoms with Crippen LogP contribution in [-0.4, -0.2) is 131 Å². The van der Waals surface area contributed by atoms with Crippen molar-refractivity contribution >= 4 is 75.7 Å². The molecule has 2 heterocycles. The van der Waals surface area contributed by atoms with Gasteiger partial charge in [-0.1, -0.05) is 30.3 Å². The predicted octanol–water partition coefficient (Wildman–Crippen LogP) is -2.31. The quantitative estimate of drug-likeness (QED) is 0.0384. The number of nitrogens with one attached hydrogen (secondary N) is 7. The molecule has 2 aromatic carbocycles. The van der Waals surface area contributed by atoms with Gasteiger partial charge in [-0.25, -0.2) is 0 Å². The number of primary amides is 1. The van der Waals surface area contributed by atoms with Crippen LogP contribution < -0.4 is 60.6 Å². The van der Waals surface area contributed by atoms with Crippen LogP contribution in [-0.2, 0) is 56.0 Å². The largest absolute Gasteiger partial charge is 0.394 e. The summed E-state index contributed by atoms with van der Waals surface area (Å²) in [6.07, 6.45) is 0.557.